The van der Waals surface area contributed by atoms with E-state index in [2.05, 4.69) is 19.1 Å². The van der Waals surface area contributed by atoms with Gasteiger partial charge < -0.3 is 10.6 Å². The zero-order valence-electron chi connectivity index (χ0n) is 12.2. The smallest absolute Gasteiger partial charge is 0.226 e. The average molecular weight is 262 g/mol. The number of nitrogens with zero attached hydrogens (tertiary/aromatic N) is 1. The second-order valence-electron chi connectivity index (χ2n) is 4.93. The normalized spacial score (nSPS) is 10.5. The summed E-state index contributed by atoms with van der Waals surface area (Å²) < 4.78 is 0. The van der Waals surface area contributed by atoms with Crippen LogP contribution in [0.5, 0.6) is 0 Å². The lowest BCUT2D eigenvalue weighted by molar-refractivity contribution is -0.118. The number of carbonyl (C=O) groups is 1. The van der Waals surface area contributed by atoms with Crippen molar-refractivity contribution in [3.05, 3.63) is 29.8 Å². The number of benzene rings is 1. The van der Waals surface area contributed by atoms with Crippen molar-refractivity contribution >= 4 is 11.6 Å². The predicted molar refractivity (Wildman–Crippen MR) is 81.3 cm³/mol. The van der Waals surface area contributed by atoms with Crippen LogP contribution in [0.4, 0.5) is 5.69 Å². The van der Waals surface area contributed by atoms with Gasteiger partial charge in [-0.15, -0.1) is 0 Å². The van der Waals surface area contributed by atoms with Crippen LogP contribution in [0.25, 0.3) is 0 Å². The Morgan fingerprint density at radius 1 is 1.21 bits per heavy atom. The van der Waals surface area contributed by atoms with Gasteiger partial charge in [0, 0.05) is 18.7 Å². The fourth-order valence-corrected chi connectivity index (χ4v) is 2.21. The maximum atomic E-state index is 12.2. The predicted octanol–water partition coefficient (Wildman–Crippen LogP) is 3.26. The summed E-state index contributed by atoms with van der Waals surface area (Å²) in [5.74, 6) is 0.223. The fraction of sp³-hybridized carbons (Fsp3) is 0.562. The van der Waals surface area contributed by atoms with E-state index in [9.17, 15) is 4.79 Å². The number of rotatable bonds is 8. The summed E-state index contributed by atoms with van der Waals surface area (Å²) in [6.45, 7) is 5.55. The molecule has 0 saturated carbocycles. The SMILES string of the molecule is CCN(C(=O)CCCCCCN)c1cccc(C)c1. The number of nitrogens with two attached hydrogens (primary N) is 1. The average Bonchev–Trinajstić information content (AvgIpc) is 2.39. The lowest BCUT2D eigenvalue weighted by Gasteiger charge is -2.21. The minimum absolute atomic E-state index is 0.223. The van der Waals surface area contributed by atoms with Gasteiger partial charge in [0.05, 0.1) is 0 Å². The molecule has 3 nitrogen and oxygen atoms in total. The molecule has 0 fully saturated rings. The van der Waals surface area contributed by atoms with Crippen LogP contribution in [0.2, 0.25) is 0 Å². The first-order valence-electron chi connectivity index (χ1n) is 7.26. The number of hydrogen-bond acceptors (Lipinski definition) is 2. The van der Waals surface area contributed by atoms with Crippen molar-refractivity contribution in [2.24, 2.45) is 5.73 Å². The van der Waals surface area contributed by atoms with Crippen LogP contribution in [0.3, 0.4) is 0 Å². The lowest BCUT2D eigenvalue weighted by atomic mass is 10.1. The molecule has 0 aliphatic carbocycles. The monoisotopic (exact) mass is 262 g/mol. The van der Waals surface area contributed by atoms with E-state index in [0.29, 0.717) is 6.42 Å². The standard InChI is InChI=1S/C16H26N2O/c1-3-18(15-10-8-9-14(2)13-15)16(19)11-6-4-5-7-12-17/h8-10,13H,3-7,11-12,17H2,1-2H3. The minimum Gasteiger partial charge on any atom is -0.330 e. The summed E-state index contributed by atoms with van der Waals surface area (Å²) in [4.78, 5) is 14.1. The Balaban J connectivity index is 2.48. The van der Waals surface area contributed by atoms with Gasteiger partial charge in [0.15, 0.2) is 0 Å². The summed E-state index contributed by atoms with van der Waals surface area (Å²) in [5, 5.41) is 0. The molecular weight excluding hydrogens is 236 g/mol. The van der Waals surface area contributed by atoms with Crippen LogP contribution in [0.1, 0.15) is 44.6 Å². The Morgan fingerprint density at radius 2 is 1.95 bits per heavy atom. The molecule has 0 saturated heterocycles. The molecule has 19 heavy (non-hydrogen) atoms. The molecule has 2 N–H and O–H groups in total. The van der Waals surface area contributed by atoms with E-state index in [1.54, 1.807) is 0 Å². The molecule has 0 aromatic heterocycles. The van der Waals surface area contributed by atoms with Gasteiger partial charge in [-0.2, -0.15) is 0 Å². The third-order valence-electron chi connectivity index (χ3n) is 3.28. The Labute approximate surface area is 116 Å². The van der Waals surface area contributed by atoms with E-state index >= 15 is 0 Å². The van der Waals surface area contributed by atoms with Crippen molar-refractivity contribution in [2.75, 3.05) is 18.0 Å². The van der Waals surface area contributed by atoms with Crippen molar-refractivity contribution in [3.8, 4) is 0 Å². The van der Waals surface area contributed by atoms with Gasteiger partial charge in [0.1, 0.15) is 0 Å². The van der Waals surface area contributed by atoms with Gasteiger partial charge in [-0.05, 0) is 50.9 Å². The highest BCUT2D eigenvalue weighted by molar-refractivity contribution is 5.93. The Morgan fingerprint density at radius 3 is 2.58 bits per heavy atom. The third kappa shape index (κ3) is 5.43. The van der Waals surface area contributed by atoms with Crippen LogP contribution >= 0.6 is 0 Å². The first-order valence-corrected chi connectivity index (χ1v) is 7.26. The van der Waals surface area contributed by atoms with E-state index in [-0.39, 0.29) is 5.91 Å². The Kier molecular flexibility index (Phi) is 7.19. The largest absolute Gasteiger partial charge is 0.330 e. The van der Waals surface area contributed by atoms with Crippen LogP contribution in [0, 0.1) is 6.92 Å². The number of hydrogen-bond donors (Lipinski definition) is 1. The second-order valence-corrected chi connectivity index (χ2v) is 4.93. The molecule has 1 aromatic rings. The van der Waals surface area contributed by atoms with Gasteiger partial charge in [0.25, 0.3) is 0 Å². The summed E-state index contributed by atoms with van der Waals surface area (Å²) >= 11 is 0. The number of anilines is 1. The number of carbonyl (C=O) groups excluding carboxylic acids is 1. The quantitative estimate of drug-likeness (QED) is 0.731. The van der Waals surface area contributed by atoms with Crippen molar-refractivity contribution < 1.29 is 4.79 Å². The molecule has 0 aliphatic rings. The molecule has 0 spiro atoms. The molecule has 1 rings (SSSR count). The summed E-state index contributed by atoms with van der Waals surface area (Å²) in [5.41, 5.74) is 7.65. The van der Waals surface area contributed by atoms with Crippen LogP contribution in [-0.2, 0) is 4.79 Å². The number of amides is 1. The summed E-state index contributed by atoms with van der Waals surface area (Å²) in [7, 11) is 0. The summed E-state index contributed by atoms with van der Waals surface area (Å²) in [6, 6.07) is 8.12. The van der Waals surface area contributed by atoms with E-state index in [4.69, 9.17) is 5.73 Å². The van der Waals surface area contributed by atoms with E-state index in [1.807, 2.05) is 24.0 Å². The molecule has 0 bridgehead atoms. The third-order valence-corrected chi connectivity index (χ3v) is 3.28. The fourth-order valence-electron chi connectivity index (χ4n) is 2.21. The van der Waals surface area contributed by atoms with Gasteiger partial charge in [-0.3, -0.25) is 4.79 Å². The van der Waals surface area contributed by atoms with Crippen molar-refractivity contribution in [1.29, 1.82) is 0 Å². The highest BCUT2D eigenvalue weighted by Crippen LogP contribution is 2.17. The van der Waals surface area contributed by atoms with E-state index < -0.39 is 0 Å². The van der Waals surface area contributed by atoms with Crippen LogP contribution in [-0.4, -0.2) is 19.0 Å². The van der Waals surface area contributed by atoms with E-state index in [1.165, 1.54) is 5.56 Å². The molecule has 0 unspecified atom stereocenters. The molecular formula is C16H26N2O. The van der Waals surface area contributed by atoms with Crippen LogP contribution in [0.15, 0.2) is 24.3 Å². The maximum absolute atomic E-state index is 12.2. The topological polar surface area (TPSA) is 46.3 Å². The van der Waals surface area contributed by atoms with Crippen molar-refractivity contribution in [2.45, 2.75) is 46.0 Å². The van der Waals surface area contributed by atoms with Gasteiger partial charge in [0.2, 0.25) is 5.91 Å². The first kappa shape index (κ1) is 15.7. The molecule has 0 radical (unpaired) electrons. The first-order chi connectivity index (χ1) is 9.19. The van der Waals surface area contributed by atoms with Gasteiger partial charge in [-0.1, -0.05) is 25.0 Å². The second kappa shape index (κ2) is 8.70. The molecule has 3 heteroatoms. The maximum Gasteiger partial charge on any atom is 0.226 e. The highest BCUT2D eigenvalue weighted by Gasteiger charge is 2.13. The Hall–Kier alpha value is -1.35. The highest BCUT2D eigenvalue weighted by atomic mass is 16.2. The van der Waals surface area contributed by atoms with Crippen molar-refractivity contribution in [1.82, 2.24) is 0 Å². The molecule has 0 atom stereocenters. The Bertz CT molecular complexity index is 390. The minimum atomic E-state index is 0.223. The molecule has 0 aliphatic heterocycles. The lowest BCUT2D eigenvalue weighted by Crippen LogP contribution is -2.30. The summed E-state index contributed by atoms with van der Waals surface area (Å²) in [6.07, 6.45) is 4.87. The van der Waals surface area contributed by atoms with Gasteiger partial charge >= 0.3 is 0 Å². The zero-order valence-corrected chi connectivity index (χ0v) is 12.2. The number of aryl methyl sites for hydroxylation is 1. The van der Waals surface area contributed by atoms with Crippen LogP contribution < -0.4 is 10.6 Å². The zero-order chi connectivity index (χ0) is 14.1. The molecule has 1 aromatic carbocycles. The number of unbranched alkanes of at least 4 members (excludes halogenated alkanes) is 3. The van der Waals surface area contributed by atoms with Gasteiger partial charge in [-0.25, -0.2) is 0 Å². The molecule has 1 amide bonds. The van der Waals surface area contributed by atoms with E-state index in [0.717, 1.165) is 44.5 Å². The van der Waals surface area contributed by atoms with Crippen molar-refractivity contribution in [3.63, 3.8) is 0 Å². The molecule has 0 heterocycles. The molecule has 106 valence electrons.